The summed E-state index contributed by atoms with van der Waals surface area (Å²) in [5.74, 6) is 0.655. The van der Waals surface area contributed by atoms with Crippen molar-refractivity contribution in [3.63, 3.8) is 0 Å². The molecule has 24 heavy (non-hydrogen) atoms. The fourth-order valence-corrected chi connectivity index (χ4v) is 4.03. The van der Waals surface area contributed by atoms with Crippen LogP contribution in [0, 0.1) is 5.92 Å². The Morgan fingerprint density at radius 2 is 1.92 bits per heavy atom. The molecule has 6 heteroatoms. The first-order valence-corrected chi connectivity index (χ1v) is 8.21. The van der Waals surface area contributed by atoms with Crippen LogP contribution in [0.25, 0.3) is 0 Å². The molecule has 130 valence electrons. The van der Waals surface area contributed by atoms with E-state index in [-0.39, 0.29) is 22.5 Å². The Morgan fingerprint density at radius 3 is 2.50 bits per heavy atom. The lowest BCUT2D eigenvalue weighted by molar-refractivity contribution is 0.0264. The molecule has 1 spiro atoms. The molecule has 3 atom stereocenters. The number of carbonyl (C=O) groups is 1. The summed E-state index contributed by atoms with van der Waals surface area (Å²) >= 11 is 6.39. The van der Waals surface area contributed by atoms with Crippen LogP contribution in [0.3, 0.4) is 0 Å². The molecule has 3 rings (SSSR count). The van der Waals surface area contributed by atoms with Gasteiger partial charge in [0.1, 0.15) is 22.1 Å². The zero-order chi connectivity index (χ0) is 17.8. The lowest BCUT2D eigenvalue weighted by Crippen LogP contribution is -2.52. The minimum atomic E-state index is -1.16. The molecule has 0 unspecified atom stereocenters. The summed E-state index contributed by atoms with van der Waals surface area (Å²) in [6, 6.07) is 1.59. The second kappa shape index (κ2) is 5.67. The number of hydrogen-bond donors (Lipinski definition) is 1. The Kier molecular flexibility index (Phi) is 4.04. The van der Waals surface area contributed by atoms with Crippen molar-refractivity contribution in [2.45, 2.75) is 38.9 Å². The molecule has 5 nitrogen and oxygen atoms in total. The van der Waals surface area contributed by atoms with Crippen LogP contribution in [0.2, 0.25) is 5.02 Å². The number of hydrogen-bond acceptors (Lipinski definition) is 5. The molecule has 1 aliphatic carbocycles. The quantitative estimate of drug-likeness (QED) is 0.826. The van der Waals surface area contributed by atoms with Crippen molar-refractivity contribution >= 4 is 17.4 Å². The number of methoxy groups -OCH3 is 2. The van der Waals surface area contributed by atoms with E-state index in [0.717, 1.165) is 11.1 Å². The number of carbonyl (C=O) groups excluding carboxylic acids is 1. The second-order valence-corrected chi connectivity index (χ2v) is 6.80. The molecule has 1 heterocycles. The maximum atomic E-state index is 13.4. The standard InChI is InChI=1S/C18H21ClO5/c1-8-6-11(20)9(2)10(3)18(8)17(21)14-12(22-4)7-13(23-5)15(19)16(14)24-18/h7-8,11,20H,6H2,1-5H3/t8-,11-,18+/m1/s1. The van der Waals surface area contributed by atoms with Gasteiger partial charge in [-0.05, 0) is 31.4 Å². The molecule has 1 aromatic carbocycles. The number of ether oxygens (including phenoxy) is 3. The van der Waals surface area contributed by atoms with Crippen LogP contribution in [-0.4, -0.2) is 36.8 Å². The van der Waals surface area contributed by atoms with E-state index in [1.54, 1.807) is 6.07 Å². The molecule has 0 aromatic heterocycles. The minimum absolute atomic E-state index is 0.185. The summed E-state index contributed by atoms with van der Waals surface area (Å²) in [7, 11) is 2.98. The molecular formula is C18H21ClO5. The van der Waals surface area contributed by atoms with Crippen LogP contribution in [0.5, 0.6) is 17.2 Å². The summed E-state index contributed by atoms with van der Waals surface area (Å²) in [4.78, 5) is 13.4. The summed E-state index contributed by atoms with van der Waals surface area (Å²) in [6.07, 6.45) is -0.127. The highest BCUT2D eigenvalue weighted by molar-refractivity contribution is 6.35. The van der Waals surface area contributed by atoms with Crippen molar-refractivity contribution in [3.05, 3.63) is 27.8 Å². The van der Waals surface area contributed by atoms with Crippen molar-refractivity contribution in [3.8, 4) is 17.2 Å². The fraction of sp³-hybridized carbons (Fsp3) is 0.500. The normalized spacial score (nSPS) is 28.9. The first-order valence-electron chi connectivity index (χ1n) is 7.83. The average molecular weight is 353 g/mol. The van der Waals surface area contributed by atoms with Crippen LogP contribution in [0.4, 0.5) is 0 Å². The van der Waals surface area contributed by atoms with Crippen molar-refractivity contribution in [2.24, 2.45) is 5.92 Å². The van der Waals surface area contributed by atoms with Crippen molar-refractivity contribution in [2.75, 3.05) is 14.2 Å². The van der Waals surface area contributed by atoms with E-state index in [9.17, 15) is 9.90 Å². The summed E-state index contributed by atoms with van der Waals surface area (Å²) in [5, 5.41) is 10.5. The Labute approximate surface area is 146 Å². The predicted molar refractivity (Wildman–Crippen MR) is 90.4 cm³/mol. The molecule has 2 aliphatic rings. The smallest absolute Gasteiger partial charge is 0.218 e. The first kappa shape index (κ1) is 17.1. The van der Waals surface area contributed by atoms with Gasteiger partial charge in [0.2, 0.25) is 5.78 Å². The molecule has 1 aromatic rings. The Bertz CT molecular complexity index is 754. The molecule has 1 aliphatic heterocycles. The van der Waals surface area contributed by atoms with Gasteiger partial charge in [-0.1, -0.05) is 18.5 Å². The zero-order valence-electron chi connectivity index (χ0n) is 14.4. The number of rotatable bonds is 2. The van der Waals surface area contributed by atoms with E-state index in [1.807, 2.05) is 20.8 Å². The van der Waals surface area contributed by atoms with Gasteiger partial charge in [0.15, 0.2) is 11.4 Å². The van der Waals surface area contributed by atoms with Gasteiger partial charge in [-0.25, -0.2) is 0 Å². The van der Waals surface area contributed by atoms with Gasteiger partial charge >= 0.3 is 0 Å². The number of aliphatic hydroxyl groups is 1. The number of ketones is 1. The molecule has 1 N–H and O–H groups in total. The van der Waals surface area contributed by atoms with Crippen molar-refractivity contribution in [1.82, 2.24) is 0 Å². The number of Topliss-reactive ketones (excluding diaryl/α,β-unsaturated/α-hetero) is 1. The van der Waals surface area contributed by atoms with Gasteiger partial charge in [0, 0.05) is 12.0 Å². The number of halogens is 1. The Balaban J connectivity index is 2.27. The van der Waals surface area contributed by atoms with Crippen molar-refractivity contribution < 1.29 is 24.1 Å². The van der Waals surface area contributed by atoms with Crippen LogP contribution >= 0.6 is 11.6 Å². The molecule has 0 saturated heterocycles. The third-order valence-electron chi connectivity index (χ3n) is 5.34. The predicted octanol–water partition coefficient (Wildman–Crippen LogP) is 3.41. The highest BCUT2D eigenvalue weighted by Gasteiger charge is 2.58. The van der Waals surface area contributed by atoms with Gasteiger partial charge in [-0.15, -0.1) is 0 Å². The third-order valence-corrected chi connectivity index (χ3v) is 5.70. The van der Waals surface area contributed by atoms with Crippen LogP contribution in [0.15, 0.2) is 17.2 Å². The van der Waals surface area contributed by atoms with Crippen LogP contribution in [-0.2, 0) is 0 Å². The van der Waals surface area contributed by atoms with Gasteiger partial charge < -0.3 is 19.3 Å². The van der Waals surface area contributed by atoms with E-state index in [0.29, 0.717) is 23.5 Å². The SMILES string of the molecule is COc1cc(OC)c2c(c1Cl)O[C@]1(C2=O)C(C)=C(C)[C@H](O)C[C@H]1C. The highest BCUT2D eigenvalue weighted by Crippen LogP contribution is 2.55. The maximum Gasteiger partial charge on any atom is 0.218 e. The summed E-state index contributed by atoms with van der Waals surface area (Å²) < 4.78 is 16.8. The Hall–Kier alpha value is -1.72. The lowest BCUT2D eigenvalue weighted by atomic mass is 9.69. The van der Waals surface area contributed by atoms with Gasteiger partial charge in [-0.3, -0.25) is 4.79 Å². The fourth-order valence-electron chi connectivity index (χ4n) is 3.76. The maximum absolute atomic E-state index is 13.4. The van der Waals surface area contributed by atoms with E-state index < -0.39 is 11.7 Å². The molecule has 0 bridgehead atoms. The van der Waals surface area contributed by atoms with E-state index >= 15 is 0 Å². The number of benzene rings is 1. The zero-order valence-corrected chi connectivity index (χ0v) is 15.2. The number of fused-ring (bicyclic) bond motifs is 1. The minimum Gasteiger partial charge on any atom is -0.496 e. The topological polar surface area (TPSA) is 65.0 Å². The van der Waals surface area contributed by atoms with Crippen molar-refractivity contribution in [1.29, 1.82) is 0 Å². The Morgan fingerprint density at radius 1 is 1.29 bits per heavy atom. The van der Waals surface area contributed by atoms with E-state index in [2.05, 4.69) is 0 Å². The second-order valence-electron chi connectivity index (χ2n) is 6.43. The third kappa shape index (κ3) is 2.01. The molecule has 0 saturated carbocycles. The lowest BCUT2D eigenvalue weighted by Gasteiger charge is -2.41. The molecule has 0 radical (unpaired) electrons. The largest absolute Gasteiger partial charge is 0.496 e. The summed E-state index contributed by atoms with van der Waals surface area (Å²) in [5.41, 5.74) is 0.664. The van der Waals surface area contributed by atoms with Crippen LogP contribution in [0.1, 0.15) is 37.6 Å². The average Bonchev–Trinajstić information content (AvgIpc) is 2.88. The van der Waals surface area contributed by atoms with E-state index in [1.165, 1.54) is 14.2 Å². The van der Waals surface area contributed by atoms with Gasteiger partial charge in [-0.2, -0.15) is 0 Å². The highest BCUT2D eigenvalue weighted by atomic mass is 35.5. The first-order chi connectivity index (χ1) is 11.3. The molecule has 0 amide bonds. The summed E-state index contributed by atoms with van der Waals surface area (Å²) in [6.45, 7) is 5.56. The number of aliphatic hydroxyl groups excluding tert-OH is 1. The monoisotopic (exact) mass is 352 g/mol. The van der Waals surface area contributed by atoms with E-state index in [4.69, 9.17) is 25.8 Å². The van der Waals surface area contributed by atoms with Gasteiger partial charge in [0.05, 0.1) is 20.3 Å². The van der Waals surface area contributed by atoms with Gasteiger partial charge in [0.25, 0.3) is 0 Å². The van der Waals surface area contributed by atoms with Crippen LogP contribution < -0.4 is 14.2 Å². The molecular weight excluding hydrogens is 332 g/mol. The molecule has 0 fully saturated rings.